The molecular weight excluding hydrogens is 602 g/mol. The Labute approximate surface area is 265 Å². The molecule has 3 aromatic rings. The van der Waals surface area contributed by atoms with Crippen molar-refractivity contribution in [3.05, 3.63) is 53.1 Å². The van der Waals surface area contributed by atoms with Gasteiger partial charge in [-0.05, 0) is 76.4 Å². The zero-order valence-electron chi connectivity index (χ0n) is 26.2. The number of hydrogen-bond donors (Lipinski definition) is 3. The summed E-state index contributed by atoms with van der Waals surface area (Å²) in [6.07, 6.45) is 2.13. The van der Waals surface area contributed by atoms with E-state index in [1.54, 1.807) is 6.07 Å². The van der Waals surface area contributed by atoms with Crippen molar-refractivity contribution >= 4 is 28.4 Å². The van der Waals surface area contributed by atoms with Crippen LogP contribution in [-0.2, 0) is 9.47 Å². The van der Waals surface area contributed by atoms with E-state index in [2.05, 4.69) is 25.4 Å². The third-order valence-electron chi connectivity index (χ3n) is 8.68. The molecule has 2 aromatic carbocycles. The van der Waals surface area contributed by atoms with Crippen LogP contribution in [0.3, 0.4) is 0 Å². The summed E-state index contributed by atoms with van der Waals surface area (Å²) in [5.41, 5.74) is 0.416. The molecule has 1 aliphatic carbocycles. The summed E-state index contributed by atoms with van der Waals surface area (Å²) in [5.74, 6) is -0.146. The Kier molecular flexibility index (Phi) is 8.79. The number of benzene rings is 2. The number of alkyl carbamates (subject to hydrolysis) is 1. The summed E-state index contributed by atoms with van der Waals surface area (Å²) in [4.78, 5) is 34.7. The van der Waals surface area contributed by atoms with Crippen molar-refractivity contribution in [3.8, 4) is 11.4 Å². The minimum absolute atomic E-state index is 0.0754. The van der Waals surface area contributed by atoms with Crippen LogP contribution in [0, 0.1) is 0 Å². The minimum atomic E-state index is -3.07. The number of anilines is 2. The van der Waals surface area contributed by atoms with E-state index >= 15 is 0 Å². The summed E-state index contributed by atoms with van der Waals surface area (Å²) in [6, 6.07) is 9.65. The second kappa shape index (κ2) is 12.6. The summed E-state index contributed by atoms with van der Waals surface area (Å²) < 4.78 is 43.5. The van der Waals surface area contributed by atoms with E-state index in [0.717, 1.165) is 24.9 Å². The first-order valence-corrected chi connectivity index (χ1v) is 15.5. The smallest absolute Gasteiger partial charge is 0.407 e. The number of aromatic nitrogens is 2. The van der Waals surface area contributed by atoms with Gasteiger partial charge >= 0.3 is 12.7 Å². The molecule has 2 saturated heterocycles. The van der Waals surface area contributed by atoms with Gasteiger partial charge in [-0.2, -0.15) is 8.78 Å². The van der Waals surface area contributed by atoms with Gasteiger partial charge in [0.25, 0.3) is 5.56 Å². The van der Waals surface area contributed by atoms with Crippen LogP contribution in [0.1, 0.15) is 40.0 Å². The largest absolute Gasteiger partial charge is 0.444 e. The van der Waals surface area contributed by atoms with Gasteiger partial charge < -0.3 is 34.9 Å². The van der Waals surface area contributed by atoms with Crippen molar-refractivity contribution in [2.24, 2.45) is 0 Å². The number of fused-ring (bicyclic) bond motifs is 1. The zero-order chi connectivity index (χ0) is 32.6. The molecule has 14 heteroatoms. The number of ether oxygens (including phenoxy) is 3. The Morgan fingerprint density at radius 3 is 2.54 bits per heavy atom. The van der Waals surface area contributed by atoms with Crippen LogP contribution >= 0.6 is 0 Å². The average molecular weight is 643 g/mol. The number of carbonyl (C=O) groups is 1. The van der Waals surface area contributed by atoms with Crippen molar-refractivity contribution in [1.29, 1.82) is 0 Å². The second-order valence-electron chi connectivity index (χ2n) is 13.0. The number of alkyl halides is 2. The van der Waals surface area contributed by atoms with E-state index < -0.39 is 30.1 Å². The summed E-state index contributed by atoms with van der Waals surface area (Å²) in [5, 5.41) is 17.5. The first kappa shape index (κ1) is 32.0. The number of carbonyl (C=O) groups excluding carboxylic acids is 1. The molecule has 46 heavy (non-hydrogen) atoms. The highest BCUT2D eigenvalue weighted by Crippen LogP contribution is 2.46. The number of nitrogens with one attached hydrogen (secondary N) is 2. The van der Waals surface area contributed by atoms with Gasteiger partial charge in [-0.1, -0.05) is 0 Å². The molecule has 1 unspecified atom stereocenters. The second-order valence-corrected chi connectivity index (χ2v) is 13.0. The topological polar surface area (TPSA) is 130 Å². The van der Waals surface area contributed by atoms with Crippen LogP contribution in [0.25, 0.3) is 16.6 Å². The molecule has 0 bridgehead atoms. The third-order valence-corrected chi connectivity index (χ3v) is 8.68. The number of hydrogen-bond acceptors (Lipinski definition) is 10. The molecule has 3 fully saturated rings. The molecule has 3 N–H and O–H groups in total. The quantitative estimate of drug-likeness (QED) is 0.297. The van der Waals surface area contributed by atoms with Gasteiger partial charge in [0.1, 0.15) is 23.9 Å². The zero-order valence-corrected chi connectivity index (χ0v) is 26.2. The number of nitrogens with zero attached hydrogens (tertiary/aromatic N) is 4. The number of aliphatic hydroxyl groups is 1. The Morgan fingerprint density at radius 1 is 1.11 bits per heavy atom. The van der Waals surface area contributed by atoms with Crippen molar-refractivity contribution < 1.29 is 32.9 Å². The highest BCUT2D eigenvalue weighted by molar-refractivity contribution is 5.82. The van der Waals surface area contributed by atoms with E-state index in [0.29, 0.717) is 56.0 Å². The van der Waals surface area contributed by atoms with Crippen LogP contribution in [0.5, 0.6) is 5.75 Å². The van der Waals surface area contributed by atoms with Crippen LogP contribution < -0.4 is 25.8 Å². The predicted octanol–water partition coefficient (Wildman–Crippen LogP) is 3.69. The molecule has 2 atom stereocenters. The number of halogens is 2. The molecular formula is C32H40F2N6O6. The Balaban J connectivity index is 1.21. The lowest BCUT2D eigenvalue weighted by Crippen LogP contribution is -2.53. The van der Waals surface area contributed by atoms with Gasteiger partial charge in [-0.25, -0.2) is 9.78 Å². The molecule has 1 saturated carbocycles. The summed E-state index contributed by atoms with van der Waals surface area (Å²) in [7, 11) is 0. The molecule has 248 valence electrons. The highest BCUT2D eigenvalue weighted by Gasteiger charge is 2.54. The Bertz CT molecular complexity index is 1640. The maximum absolute atomic E-state index is 13.6. The van der Waals surface area contributed by atoms with Gasteiger partial charge in [0.05, 0.1) is 47.1 Å². The first-order valence-electron chi connectivity index (χ1n) is 15.5. The van der Waals surface area contributed by atoms with Crippen LogP contribution in [0.2, 0.25) is 0 Å². The van der Waals surface area contributed by atoms with Gasteiger partial charge in [0.2, 0.25) is 0 Å². The Hall–Kier alpha value is -4.01. The van der Waals surface area contributed by atoms with Gasteiger partial charge in [0, 0.05) is 31.9 Å². The maximum atomic E-state index is 13.6. The van der Waals surface area contributed by atoms with Gasteiger partial charge in [0.15, 0.2) is 0 Å². The van der Waals surface area contributed by atoms with Crippen molar-refractivity contribution in [1.82, 2.24) is 19.8 Å². The molecule has 6 rings (SSSR count). The monoisotopic (exact) mass is 642 g/mol. The molecule has 1 aromatic heterocycles. The van der Waals surface area contributed by atoms with Gasteiger partial charge in [-0.3, -0.25) is 14.3 Å². The SMILES string of the molecule is CC(C)(C)OC(=O)N[C@H]1CCN(c2ccc3c(=O)n(-c4ccc(OC(F)F)c(NC(O)C5(N6CCOCC6)CC5)c4)cnc3c2)C1. The highest BCUT2D eigenvalue weighted by atomic mass is 19.3. The van der Waals surface area contributed by atoms with Gasteiger partial charge in [-0.15, -0.1) is 0 Å². The predicted molar refractivity (Wildman–Crippen MR) is 168 cm³/mol. The molecule has 1 amide bonds. The fourth-order valence-electron chi connectivity index (χ4n) is 6.24. The average Bonchev–Trinajstić information content (AvgIpc) is 3.70. The van der Waals surface area contributed by atoms with Crippen LogP contribution in [-0.4, -0.2) is 95.1 Å². The Morgan fingerprint density at radius 2 is 1.85 bits per heavy atom. The van der Waals surface area contributed by atoms with E-state index in [-0.39, 0.29) is 23.0 Å². The van der Waals surface area contributed by atoms with Crippen molar-refractivity contribution in [2.45, 2.75) is 70.1 Å². The lowest BCUT2D eigenvalue weighted by molar-refractivity contribution is -0.0499. The van der Waals surface area contributed by atoms with E-state index in [1.165, 1.54) is 29.1 Å². The number of aliphatic hydroxyl groups excluding tert-OH is 1. The van der Waals surface area contributed by atoms with E-state index in [1.807, 2.05) is 32.9 Å². The number of morpholine rings is 1. The van der Waals surface area contributed by atoms with Crippen molar-refractivity contribution in [2.75, 3.05) is 49.6 Å². The molecule has 2 aliphatic heterocycles. The normalized spacial score (nSPS) is 20.5. The van der Waals surface area contributed by atoms with Crippen LogP contribution in [0.15, 0.2) is 47.5 Å². The fraction of sp³-hybridized carbons (Fsp3) is 0.531. The number of rotatable bonds is 9. The maximum Gasteiger partial charge on any atom is 0.407 e. The standard InChI is InChI=1S/C32H40F2N6O6/c1-31(2,3)46-30(43)36-20-8-11-38(18-20)21-4-6-23-24(16-21)35-19-40(27(23)41)22-5-7-26(45-29(33)34)25(17-22)37-28(42)32(9-10-32)39-12-14-44-15-13-39/h4-7,16-17,19-20,28-29,37,42H,8-15,18H2,1-3H3,(H,36,43)/t20-,28?/m0/s1. The van der Waals surface area contributed by atoms with Crippen LogP contribution in [0.4, 0.5) is 25.0 Å². The first-order chi connectivity index (χ1) is 21.9. The molecule has 0 radical (unpaired) electrons. The minimum Gasteiger partial charge on any atom is -0.444 e. The molecule has 3 aliphatic rings. The summed E-state index contributed by atoms with van der Waals surface area (Å²) >= 11 is 0. The third kappa shape index (κ3) is 6.88. The van der Waals surface area contributed by atoms with E-state index in [9.17, 15) is 23.5 Å². The molecule has 12 nitrogen and oxygen atoms in total. The number of amides is 1. The molecule has 0 spiro atoms. The fourth-order valence-corrected chi connectivity index (χ4v) is 6.24. The van der Waals surface area contributed by atoms with E-state index in [4.69, 9.17) is 14.2 Å². The molecule has 3 heterocycles. The lowest BCUT2D eigenvalue weighted by Gasteiger charge is -2.38. The summed E-state index contributed by atoms with van der Waals surface area (Å²) in [6.45, 7) is 6.14. The van der Waals surface area contributed by atoms with Crippen molar-refractivity contribution in [3.63, 3.8) is 0 Å². The lowest BCUT2D eigenvalue weighted by atomic mass is 10.1.